The summed E-state index contributed by atoms with van der Waals surface area (Å²) < 4.78 is 22.8. The number of halogens is 1. The lowest BCUT2D eigenvalue weighted by atomic mass is 9.78. The molecule has 2 atom stereocenters. The van der Waals surface area contributed by atoms with Gasteiger partial charge in [0.05, 0.1) is 15.6 Å². The first-order chi connectivity index (χ1) is 9.29. The van der Waals surface area contributed by atoms with Crippen LogP contribution in [0.1, 0.15) is 33.1 Å². The molecule has 1 saturated carbocycles. The van der Waals surface area contributed by atoms with Crippen LogP contribution in [-0.4, -0.2) is 14.5 Å². The highest BCUT2D eigenvalue weighted by atomic mass is 35.5. The van der Waals surface area contributed by atoms with Crippen molar-refractivity contribution in [3.63, 3.8) is 0 Å². The van der Waals surface area contributed by atoms with E-state index < -0.39 is 10.0 Å². The van der Waals surface area contributed by atoms with E-state index in [0.29, 0.717) is 28.6 Å². The quantitative estimate of drug-likeness (QED) is 0.899. The molecule has 2 rings (SSSR count). The van der Waals surface area contributed by atoms with E-state index in [1.54, 1.807) is 6.07 Å². The van der Waals surface area contributed by atoms with Crippen molar-refractivity contribution < 1.29 is 8.42 Å². The average Bonchev–Trinajstić information content (AvgIpc) is 2.34. The molecule has 1 aromatic carbocycles. The van der Waals surface area contributed by atoms with E-state index >= 15 is 0 Å². The van der Waals surface area contributed by atoms with Gasteiger partial charge in [-0.1, -0.05) is 31.9 Å². The molecule has 6 heteroatoms. The van der Waals surface area contributed by atoms with E-state index in [-0.39, 0.29) is 4.90 Å². The summed E-state index contributed by atoms with van der Waals surface area (Å²) in [5.74, 6) is 1.07. The summed E-state index contributed by atoms with van der Waals surface area (Å²) in [4.78, 5) is 0.0838. The number of hydrogen-bond donors (Lipinski definition) is 2. The molecule has 0 spiro atoms. The van der Waals surface area contributed by atoms with Gasteiger partial charge in [-0.25, -0.2) is 13.6 Å². The van der Waals surface area contributed by atoms with Gasteiger partial charge in [0.1, 0.15) is 0 Å². The standard InChI is InChI=1S/C14H21ClN2O2S/c1-9-4-3-5-10(2)14(9)17-13-8-11(20(16,18)19)6-7-12(13)15/h6-10,14,17H,3-5H2,1-2H3,(H2,16,18,19). The molecule has 0 heterocycles. The van der Waals surface area contributed by atoms with Crippen molar-refractivity contribution in [2.24, 2.45) is 17.0 Å². The molecule has 3 N–H and O–H groups in total. The van der Waals surface area contributed by atoms with Gasteiger partial charge in [-0.05, 0) is 42.9 Å². The topological polar surface area (TPSA) is 72.2 Å². The van der Waals surface area contributed by atoms with Gasteiger partial charge in [-0.3, -0.25) is 0 Å². The van der Waals surface area contributed by atoms with Crippen molar-refractivity contribution in [3.05, 3.63) is 23.2 Å². The molecule has 0 amide bonds. The highest BCUT2D eigenvalue weighted by Gasteiger charge is 2.28. The zero-order chi connectivity index (χ0) is 14.9. The largest absolute Gasteiger partial charge is 0.381 e. The van der Waals surface area contributed by atoms with Crippen LogP contribution in [0.25, 0.3) is 0 Å². The Kier molecular flexibility index (Phi) is 4.62. The molecule has 0 saturated heterocycles. The maximum absolute atomic E-state index is 11.4. The highest BCUT2D eigenvalue weighted by Crippen LogP contribution is 2.34. The summed E-state index contributed by atoms with van der Waals surface area (Å²) in [6.45, 7) is 4.43. The van der Waals surface area contributed by atoms with E-state index in [1.165, 1.54) is 31.4 Å². The number of nitrogens with two attached hydrogens (primary N) is 1. The molecule has 1 fully saturated rings. The van der Waals surface area contributed by atoms with E-state index in [9.17, 15) is 8.42 Å². The fourth-order valence-electron chi connectivity index (χ4n) is 2.94. The maximum Gasteiger partial charge on any atom is 0.238 e. The Morgan fingerprint density at radius 3 is 2.40 bits per heavy atom. The van der Waals surface area contributed by atoms with Gasteiger partial charge in [0.2, 0.25) is 10.0 Å². The monoisotopic (exact) mass is 316 g/mol. The Morgan fingerprint density at radius 2 is 1.85 bits per heavy atom. The van der Waals surface area contributed by atoms with Crippen LogP contribution < -0.4 is 10.5 Å². The number of rotatable bonds is 3. The van der Waals surface area contributed by atoms with E-state index in [0.717, 1.165) is 0 Å². The Labute approximate surface area is 125 Å². The molecular formula is C14H21ClN2O2S. The summed E-state index contributed by atoms with van der Waals surface area (Å²) >= 11 is 6.16. The van der Waals surface area contributed by atoms with E-state index in [4.69, 9.17) is 16.7 Å². The Morgan fingerprint density at radius 1 is 1.25 bits per heavy atom. The zero-order valence-electron chi connectivity index (χ0n) is 11.8. The van der Waals surface area contributed by atoms with Crippen LogP contribution in [0.4, 0.5) is 5.69 Å². The van der Waals surface area contributed by atoms with E-state index in [2.05, 4.69) is 19.2 Å². The summed E-state index contributed by atoms with van der Waals surface area (Å²) in [5.41, 5.74) is 0.642. The lowest BCUT2D eigenvalue weighted by Crippen LogP contribution is -2.37. The van der Waals surface area contributed by atoms with Gasteiger partial charge in [0.15, 0.2) is 0 Å². The predicted molar refractivity (Wildman–Crippen MR) is 82.4 cm³/mol. The van der Waals surface area contributed by atoms with Gasteiger partial charge in [0, 0.05) is 6.04 Å². The number of primary sulfonamides is 1. The van der Waals surface area contributed by atoms with Gasteiger partial charge < -0.3 is 5.32 Å². The fourth-order valence-corrected chi connectivity index (χ4v) is 3.65. The Bertz CT molecular complexity index is 579. The molecule has 0 bridgehead atoms. The number of nitrogens with one attached hydrogen (secondary N) is 1. The van der Waals surface area contributed by atoms with Gasteiger partial charge in [-0.15, -0.1) is 0 Å². The van der Waals surface area contributed by atoms with E-state index in [1.807, 2.05) is 0 Å². The summed E-state index contributed by atoms with van der Waals surface area (Å²) in [6.07, 6.45) is 3.59. The molecular weight excluding hydrogens is 296 g/mol. The molecule has 1 aliphatic carbocycles. The van der Waals surface area contributed by atoms with Crippen LogP contribution in [0.15, 0.2) is 23.1 Å². The molecule has 1 aromatic rings. The Balaban J connectivity index is 2.28. The number of hydrogen-bond acceptors (Lipinski definition) is 3. The second kappa shape index (κ2) is 5.92. The van der Waals surface area contributed by atoms with Crippen LogP contribution in [-0.2, 0) is 10.0 Å². The molecule has 0 aliphatic heterocycles. The fraction of sp³-hybridized carbons (Fsp3) is 0.571. The predicted octanol–water partition coefficient (Wildman–Crippen LogP) is 3.22. The minimum Gasteiger partial charge on any atom is -0.381 e. The summed E-state index contributed by atoms with van der Waals surface area (Å²) in [7, 11) is -3.71. The second-order valence-corrected chi connectivity index (χ2v) is 7.71. The van der Waals surface area contributed by atoms with Crippen molar-refractivity contribution in [1.82, 2.24) is 0 Å². The van der Waals surface area contributed by atoms with Gasteiger partial charge >= 0.3 is 0 Å². The number of anilines is 1. The first-order valence-corrected chi connectivity index (χ1v) is 8.80. The maximum atomic E-state index is 11.4. The first-order valence-electron chi connectivity index (χ1n) is 6.88. The molecule has 0 aromatic heterocycles. The van der Waals surface area contributed by atoms with Crippen LogP contribution in [0.3, 0.4) is 0 Å². The SMILES string of the molecule is CC1CCCC(C)C1Nc1cc(S(N)(=O)=O)ccc1Cl. The first kappa shape index (κ1) is 15.6. The molecule has 0 radical (unpaired) electrons. The van der Waals surface area contributed by atoms with Gasteiger partial charge in [0.25, 0.3) is 0 Å². The summed E-state index contributed by atoms with van der Waals surface area (Å²) in [6, 6.07) is 4.82. The molecule has 20 heavy (non-hydrogen) atoms. The average molecular weight is 317 g/mol. The van der Waals surface area contributed by atoms with Crippen LogP contribution in [0.2, 0.25) is 5.02 Å². The van der Waals surface area contributed by atoms with Crippen molar-refractivity contribution in [3.8, 4) is 0 Å². The third-order valence-corrected chi connectivity index (χ3v) is 5.37. The molecule has 4 nitrogen and oxygen atoms in total. The van der Waals surface area contributed by atoms with Crippen molar-refractivity contribution >= 4 is 27.3 Å². The number of benzene rings is 1. The minimum atomic E-state index is -3.71. The molecule has 1 aliphatic rings. The van der Waals surface area contributed by atoms with Crippen molar-refractivity contribution in [2.75, 3.05) is 5.32 Å². The van der Waals surface area contributed by atoms with Crippen LogP contribution in [0.5, 0.6) is 0 Å². The lowest BCUT2D eigenvalue weighted by Gasteiger charge is -2.36. The van der Waals surface area contributed by atoms with Gasteiger partial charge in [-0.2, -0.15) is 0 Å². The normalized spacial score (nSPS) is 27.3. The number of sulfonamides is 1. The third-order valence-electron chi connectivity index (χ3n) is 4.13. The summed E-state index contributed by atoms with van der Waals surface area (Å²) in [5, 5.41) is 9.09. The highest BCUT2D eigenvalue weighted by molar-refractivity contribution is 7.89. The molecule has 2 unspecified atom stereocenters. The minimum absolute atomic E-state index is 0.0838. The van der Waals surface area contributed by atoms with Crippen molar-refractivity contribution in [1.29, 1.82) is 0 Å². The Hall–Kier alpha value is -0.780. The molecule has 112 valence electrons. The smallest absolute Gasteiger partial charge is 0.238 e. The van der Waals surface area contributed by atoms with Crippen LogP contribution in [0, 0.1) is 11.8 Å². The zero-order valence-corrected chi connectivity index (χ0v) is 13.3. The van der Waals surface area contributed by atoms with Crippen LogP contribution >= 0.6 is 11.6 Å². The second-order valence-electron chi connectivity index (χ2n) is 5.74. The third kappa shape index (κ3) is 3.45. The van der Waals surface area contributed by atoms with Crippen molar-refractivity contribution in [2.45, 2.75) is 44.0 Å². The lowest BCUT2D eigenvalue weighted by molar-refractivity contribution is 0.268.